The number of benzene rings is 2. The van der Waals surface area contributed by atoms with Crippen LogP contribution in [0.2, 0.25) is 0 Å². The average molecular weight is 272 g/mol. The zero-order chi connectivity index (χ0) is 14.4. The van der Waals surface area contributed by atoms with Crippen LogP contribution in [0.25, 0.3) is 0 Å². The van der Waals surface area contributed by atoms with Crippen LogP contribution in [0.4, 0.5) is 10.1 Å². The van der Waals surface area contributed by atoms with Gasteiger partial charge in [-0.1, -0.05) is 30.3 Å². The lowest BCUT2D eigenvalue weighted by atomic mass is 10.1. The Balaban J connectivity index is 1.79. The third-order valence-electron chi connectivity index (χ3n) is 3.03. The SMILES string of the molecule is Nc1ccc(C(=O)NCCCc2ccccc2)cc1F. The van der Waals surface area contributed by atoms with E-state index in [-0.39, 0.29) is 17.2 Å². The fourth-order valence-corrected chi connectivity index (χ4v) is 1.91. The van der Waals surface area contributed by atoms with E-state index >= 15 is 0 Å². The first-order valence-electron chi connectivity index (χ1n) is 6.54. The van der Waals surface area contributed by atoms with Crippen molar-refractivity contribution in [1.82, 2.24) is 5.32 Å². The second-order valence-electron chi connectivity index (χ2n) is 4.58. The molecule has 0 saturated heterocycles. The summed E-state index contributed by atoms with van der Waals surface area (Å²) >= 11 is 0. The lowest BCUT2D eigenvalue weighted by molar-refractivity contribution is 0.0953. The highest BCUT2D eigenvalue weighted by Crippen LogP contribution is 2.11. The van der Waals surface area contributed by atoms with Gasteiger partial charge in [0.15, 0.2) is 0 Å². The molecule has 0 aliphatic rings. The summed E-state index contributed by atoms with van der Waals surface area (Å²) in [4.78, 5) is 11.8. The minimum atomic E-state index is -0.568. The molecule has 104 valence electrons. The molecular weight excluding hydrogens is 255 g/mol. The summed E-state index contributed by atoms with van der Waals surface area (Å²) < 4.78 is 13.2. The standard InChI is InChI=1S/C16H17FN2O/c17-14-11-13(8-9-15(14)18)16(20)19-10-4-7-12-5-2-1-3-6-12/h1-3,5-6,8-9,11H,4,7,10,18H2,(H,19,20). The first-order valence-corrected chi connectivity index (χ1v) is 6.54. The van der Waals surface area contributed by atoms with Crippen molar-refractivity contribution in [1.29, 1.82) is 0 Å². The van der Waals surface area contributed by atoms with Gasteiger partial charge in [-0.15, -0.1) is 0 Å². The van der Waals surface area contributed by atoms with Crippen molar-refractivity contribution in [2.75, 3.05) is 12.3 Å². The summed E-state index contributed by atoms with van der Waals surface area (Å²) in [5.74, 6) is -0.848. The van der Waals surface area contributed by atoms with Crippen LogP contribution in [0, 0.1) is 5.82 Å². The van der Waals surface area contributed by atoms with Crippen molar-refractivity contribution in [2.45, 2.75) is 12.8 Å². The summed E-state index contributed by atoms with van der Waals surface area (Å²) in [6.45, 7) is 0.555. The van der Waals surface area contributed by atoms with Crippen molar-refractivity contribution >= 4 is 11.6 Å². The molecule has 0 atom stereocenters. The number of hydrogen-bond donors (Lipinski definition) is 2. The van der Waals surface area contributed by atoms with E-state index in [2.05, 4.69) is 17.4 Å². The number of carbonyl (C=O) groups is 1. The lowest BCUT2D eigenvalue weighted by Crippen LogP contribution is -2.24. The molecule has 4 heteroatoms. The van der Waals surface area contributed by atoms with Crippen LogP contribution < -0.4 is 11.1 Å². The van der Waals surface area contributed by atoms with E-state index in [4.69, 9.17) is 5.73 Å². The Kier molecular flexibility index (Phi) is 4.71. The Morgan fingerprint density at radius 3 is 2.60 bits per heavy atom. The molecular formula is C16H17FN2O. The molecule has 0 spiro atoms. The molecule has 0 unspecified atom stereocenters. The molecule has 3 nitrogen and oxygen atoms in total. The molecule has 0 heterocycles. The molecule has 2 rings (SSSR count). The summed E-state index contributed by atoms with van der Waals surface area (Å²) in [7, 11) is 0. The number of rotatable bonds is 5. The topological polar surface area (TPSA) is 55.1 Å². The number of carbonyl (C=O) groups excluding carboxylic acids is 1. The van der Waals surface area contributed by atoms with Gasteiger partial charge >= 0.3 is 0 Å². The van der Waals surface area contributed by atoms with E-state index in [1.165, 1.54) is 17.7 Å². The molecule has 0 aliphatic carbocycles. The molecule has 2 aromatic rings. The summed E-state index contributed by atoms with van der Waals surface area (Å²) in [5, 5.41) is 2.77. The predicted octanol–water partition coefficient (Wildman–Crippen LogP) is 2.77. The Morgan fingerprint density at radius 1 is 1.15 bits per heavy atom. The number of nitrogens with one attached hydrogen (secondary N) is 1. The van der Waals surface area contributed by atoms with Crippen LogP contribution in [0.1, 0.15) is 22.3 Å². The highest BCUT2D eigenvalue weighted by Gasteiger charge is 2.07. The molecule has 1 amide bonds. The van der Waals surface area contributed by atoms with Gasteiger partial charge in [0.25, 0.3) is 5.91 Å². The normalized spacial score (nSPS) is 10.2. The number of nitrogens with two attached hydrogens (primary N) is 1. The highest BCUT2D eigenvalue weighted by atomic mass is 19.1. The van der Waals surface area contributed by atoms with Crippen LogP contribution >= 0.6 is 0 Å². The second-order valence-corrected chi connectivity index (χ2v) is 4.58. The van der Waals surface area contributed by atoms with Crippen molar-refractivity contribution in [3.05, 3.63) is 65.5 Å². The maximum absolute atomic E-state index is 13.2. The molecule has 0 bridgehead atoms. The average Bonchev–Trinajstić information content (AvgIpc) is 2.47. The molecule has 0 aromatic heterocycles. The quantitative estimate of drug-likeness (QED) is 0.649. The summed E-state index contributed by atoms with van der Waals surface area (Å²) in [6.07, 6.45) is 1.74. The number of anilines is 1. The largest absolute Gasteiger partial charge is 0.396 e. The van der Waals surface area contributed by atoms with E-state index in [0.29, 0.717) is 6.54 Å². The smallest absolute Gasteiger partial charge is 0.251 e. The third kappa shape index (κ3) is 3.82. The van der Waals surface area contributed by atoms with Gasteiger partial charge in [-0.3, -0.25) is 4.79 Å². The van der Waals surface area contributed by atoms with E-state index in [0.717, 1.165) is 18.9 Å². The summed E-state index contributed by atoms with van der Waals surface area (Å²) in [6, 6.07) is 14.1. The highest BCUT2D eigenvalue weighted by molar-refractivity contribution is 5.94. The molecule has 0 aliphatic heterocycles. The minimum absolute atomic E-state index is 0.0469. The monoisotopic (exact) mass is 272 g/mol. The molecule has 0 saturated carbocycles. The van der Waals surface area contributed by atoms with Crippen LogP contribution in [-0.4, -0.2) is 12.5 Å². The van der Waals surface area contributed by atoms with E-state index in [1.54, 1.807) is 0 Å². The molecule has 3 N–H and O–H groups in total. The number of aryl methyl sites for hydroxylation is 1. The fraction of sp³-hybridized carbons (Fsp3) is 0.188. The van der Waals surface area contributed by atoms with Crippen molar-refractivity contribution in [3.8, 4) is 0 Å². The molecule has 2 aromatic carbocycles. The van der Waals surface area contributed by atoms with Crippen molar-refractivity contribution < 1.29 is 9.18 Å². The van der Waals surface area contributed by atoms with Gasteiger partial charge in [-0.2, -0.15) is 0 Å². The lowest BCUT2D eigenvalue weighted by Gasteiger charge is -2.06. The maximum atomic E-state index is 13.2. The Hall–Kier alpha value is -2.36. The Labute approximate surface area is 117 Å². The van der Waals surface area contributed by atoms with Crippen LogP contribution in [-0.2, 0) is 6.42 Å². The van der Waals surface area contributed by atoms with Gasteiger partial charge in [0.2, 0.25) is 0 Å². The zero-order valence-electron chi connectivity index (χ0n) is 11.1. The Bertz CT molecular complexity index is 584. The number of hydrogen-bond acceptors (Lipinski definition) is 2. The van der Waals surface area contributed by atoms with E-state index in [1.807, 2.05) is 18.2 Å². The number of nitrogen functional groups attached to an aromatic ring is 1. The van der Waals surface area contributed by atoms with Crippen molar-refractivity contribution in [2.24, 2.45) is 0 Å². The van der Waals surface area contributed by atoms with Gasteiger partial charge in [-0.05, 0) is 36.6 Å². The summed E-state index contributed by atoms with van der Waals surface area (Å²) in [5.41, 5.74) is 6.94. The molecule has 20 heavy (non-hydrogen) atoms. The third-order valence-corrected chi connectivity index (χ3v) is 3.03. The van der Waals surface area contributed by atoms with Crippen molar-refractivity contribution in [3.63, 3.8) is 0 Å². The second kappa shape index (κ2) is 6.70. The first-order chi connectivity index (χ1) is 9.66. The van der Waals surface area contributed by atoms with Crippen LogP contribution in [0.15, 0.2) is 48.5 Å². The van der Waals surface area contributed by atoms with Gasteiger partial charge < -0.3 is 11.1 Å². The van der Waals surface area contributed by atoms with E-state index in [9.17, 15) is 9.18 Å². The fourth-order valence-electron chi connectivity index (χ4n) is 1.91. The number of amides is 1. The predicted molar refractivity (Wildman–Crippen MR) is 77.9 cm³/mol. The minimum Gasteiger partial charge on any atom is -0.396 e. The number of halogens is 1. The molecule has 0 fully saturated rings. The van der Waals surface area contributed by atoms with Gasteiger partial charge in [0.05, 0.1) is 5.69 Å². The van der Waals surface area contributed by atoms with Gasteiger partial charge in [-0.25, -0.2) is 4.39 Å². The van der Waals surface area contributed by atoms with Crippen LogP contribution in [0.5, 0.6) is 0 Å². The Morgan fingerprint density at radius 2 is 1.90 bits per heavy atom. The maximum Gasteiger partial charge on any atom is 0.251 e. The molecule has 0 radical (unpaired) electrons. The van der Waals surface area contributed by atoms with E-state index < -0.39 is 5.82 Å². The zero-order valence-corrected chi connectivity index (χ0v) is 11.1. The van der Waals surface area contributed by atoms with Crippen LogP contribution in [0.3, 0.4) is 0 Å². The van der Waals surface area contributed by atoms with Gasteiger partial charge in [0.1, 0.15) is 5.82 Å². The first kappa shape index (κ1) is 14.1. The van der Waals surface area contributed by atoms with Gasteiger partial charge in [0, 0.05) is 12.1 Å².